The van der Waals surface area contributed by atoms with E-state index < -0.39 is 54.7 Å². The number of hydrogen-bond donors (Lipinski definition) is 0. The lowest BCUT2D eigenvalue weighted by Crippen LogP contribution is -2.39. The zero-order valence-corrected chi connectivity index (χ0v) is 17.0. The smallest absolute Gasteiger partial charge is 0.312 e. The van der Waals surface area contributed by atoms with E-state index in [0.717, 1.165) is 40.3 Å². The highest BCUT2D eigenvalue weighted by Crippen LogP contribution is 2.31. The summed E-state index contributed by atoms with van der Waals surface area (Å²) in [5.74, 6) is -0.570. The van der Waals surface area contributed by atoms with Gasteiger partial charge in [-0.15, -0.1) is 0 Å². The van der Waals surface area contributed by atoms with Crippen LogP contribution in [-0.4, -0.2) is 47.5 Å². The van der Waals surface area contributed by atoms with Crippen molar-refractivity contribution in [2.24, 2.45) is 0 Å². The van der Waals surface area contributed by atoms with Gasteiger partial charge in [-0.25, -0.2) is 9.78 Å². The van der Waals surface area contributed by atoms with Crippen LogP contribution in [0, 0.1) is 0 Å². The predicted molar refractivity (Wildman–Crippen MR) is 103 cm³/mol. The fourth-order valence-corrected chi connectivity index (χ4v) is 3.53. The van der Waals surface area contributed by atoms with Crippen LogP contribution >= 0.6 is 0 Å². The first kappa shape index (κ1) is 24.5. The molecule has 1 aliphatic heterocycles. The number of hydrogen-bond acceptors (Lipinski definition) is 3. The molecule has 0 spiro atoms. The normalized spacial score (nSPS) is 17.1. The maximum Gasteiger partial charge on any atom is 0.433 e. The molecule has 0 N–H and O–H groups in total. The lowest BCUT2D eigenvalue weighted by Gasteiger charge is -2.22. The molecule has 0 unspecified atom stereocenters. The van der Waals surface area contributed by atoms with E-state index >= 15 is 0 Å². The Labute approximate surface area is 183 Å². The van der Waals surface area contributed by atoms with E-state index in [4.69, 9.17) is 0 Å². The predicted octanol–water partition coefficient (Wildman–Crippen LogP) is 4.90. The highest BCUT2D eigenvalue weighted by molar-refractivity contribution is 5.97. The zero-order chi connectivity index (χ0) is 24.4. The minimum atomic E-state index is -4.66. The molecule has 2 aromatic rings. The second-order valence-corrected chi connectivity index (χ2v) is 7.47. The summed E-state index contributed by atoms with van der Waals surface area (Å²) < 4.78 is 89.8. The quantitative estimate of drug-likeness (QED) is 0.533. The number of carbonyl (C=O) groups excluding carboxylic acids is 2. The summed E-state index contributed by atoms with van der Waals surface area (Å²) in [6.07, 6.45) is -8.87. The van der Waals surface area contributed by atoms with Crippen LogP contribution in [0.1, 0.15) is 23.2 Å². The topological polar surface area (TPSA) is 53.5 Å². The van der Waals surface area contributed by atoms with Gasteiger partial charge in [0.1, 0.15) is 5.69 Å². The number of nitrogens with zero attached hydrogens (tertiary/aromatic N) is 3. The minimum absolute atomic E-state index is 0.0460. The molecule has 1 aromatic carbocycles. The molecule has 0 radical (unpaired) electrons. The molecule has 0 saturated carbocycles. The van der Waals surface area contributed by atoms with Gasteiger partial charge in [-0.05, 0) is 30.2 Å². The van der Waals surface area contributed by atoms with E-state index in [1.807, 2.05) is 0 Å². The Balaban J connectivity index is 1.73. The molecule has 5 nitrogen and oxygen atoms in total. The number of alkyl halides is 7. The molecule has 1 aliphatic rings. The van der Waals surface area contributed by atoms with Crippen LogP contribution in [0.15, 0.2) is 42.6 Å². The molecule has 2 amide bonds. The van der Waals surface area contributed by atoms with E-state index in [1.165, 1.54) is 6.07 Å². The van der Waals surface area contributed by atoms with Crippen LogP contribution < -0.4 is 4.90 Å². The van der Waals surface area contributed by atoms with Gasteiger partial charge < -0.3 is 4.90 Å². The van der Waals surface area contributed by atoms with Gasteiger partial charge in [0, 0.05) is 13.0 Å². The second-order valence-electron chi connectivity index (χ2n) is 7.47. The molecule has 12 heteroatoms. The van der Waals surface area contributed by atoms with Gasteiger partial charge in [-0.3, -0.25) is 14.1 Å². The monoisotopic (exact) mass is 477 g/mol. The summed E-state index contributed by atoms with van der Waals surface area (Å²) in [5, 5.41) is 0. The van der Waals surface area contributed by atoms with Gasteiger partial charge in [-0.2, -0.15) is 26.3 Å². The highest BCUT2D eigenvalue weighted by Gasteiger charge is 2.39. The molecule has 1 saturated heterocycles. The average Bonchev–Trinajstić information content (AvgIpc) is 3.03. The van der Waals surface area contributed by atoms with Crippen molar-refractivity contribution in [2.75, 3.05) is 24.7 Å². The molecular weight excluding hydrogens is 459 g/mol. The largest absolute Gasteiger partial charge is 0.433 e. The summed E-state index contributed by atoms with van der Waals surface area (Å²) in [5.41, 5.74) is -1.91. The first-order chi connectivity index (χ1) is 15.4. The van der Waals surface area contributed by atoms with Crippen LogP contribution in [0.4, 0.5) is 41.2 Å². The Hall–Kier alpha value is -3.18. The van der Waals surface area contributed by atoms with Crippen LogP contribution in [0.3, 0.4) is 0 Å². The maximum atomic E-state index is 13.0. The number of ketones is 1. The number of rotatable bonds is 7. The molecule has 1 fully saturated rings. The minimum Gasteiger partial charge on any atom is -0.312 e. The lowest BCUT2D eigenvalue weighted by atomic mass is 10.0. The van der Waals surface area contributed by atoms with Crippen molar-refractivity contribution in [3.8, 4) is 0 Å². The van der Waals surface area contributed by atoms with E-state index in [-0.39, 0.29) is 30.6 Å². The fraction of sp³-hybridized carbons (Fsp3) is 0.381. The van der Waals surface area contributed by atoms with Crippen molar-refractivity contribution in [1.82, 2.24) is 9.88 Å². The first-order valence-corrected chi connectivity index (χ1v) is 9.75. The molecule has 1 aromatic heterocycles. The van der Waals surface area contributed by atoms with Crippen molar-refractivity contribution in [3.05, 3.63) is 59.4 Å². The van der Waals surface area contributed by atoms with Gasteiger partial charge in [0.15, 0.2) is 5.78 Å². The zero-order valence-electron chi connectivity index (χ0n) is 17.0. The SMILES string of the molecule is O=C(Cc1cccc(C(F)(F)F)c1)CN1C(=O)N(c2ccc(C(F)(F)F)nc2)C[C@@H]1CCF. The number of urea groups is 1. The Morgan fingerprint density at radius 3 is 2.36 bits per heavy atom. The lowest BCUT2D eigenvalue weighted by molar-refractivity contribution is -0.141. The summed E-state index contributed by atoms with van der Waals surface area (Å²) >= 11 is 0. The number of carbonyl (C=O) groups is 2. The van der Waals surface area contributed by atoms with Gasteiger partial charge in [0.25, 0.3) is 0 Å². The van der Waals surface area contributed by atoms with Crippen LogP contribution in [0.25, 0.3) is 0 Å². The van der Waals surface area contributed by atoms with Crippen LogP contribution in [0.2, 0.25) is 0 Å². The Morgan fingerprint density at radius 1 is 1.06 bits per heavy atom. The van der Waals surface area contributed by atoms with Crippen molar-refractivity contribution in [2.45, 2.75) is 31.2 Å². The molecule has 0 aliphatic carbocycles. The summed E-state index contributed by atoms with van der Waals surface area (Å²) in [7, 11) is 0. The Morgan fingerprint density at radius 2 is 1.79 bits per heavy atom. The number of pyridine rings is 1. The summed E-state index contributed by atoms with van der Waals surface area (Å²) in [6.45, 7) is -1.37. The van der Waals surface area contributed by atoms with Crippen LogP contribution in [0.5, 0.6) is 0 Å². The van der Waals surface area contributed by atoms with Crippen molar-refractivity contribution in [1.29, 1.82) is 0 Å². The second kappa shape index (κ2) is 9.36. The first-order valence-electron chi connectivity index (χ1n) is 9.75. The number of Topliss-reactive ketones (excluding diaryl/α,β-unsaturated/α-hetero) is 1. The van der Waals surface area contributed by atoms with Gasteiger partial charge >= 0.3 is 18.4 Å². The number of amides is 2. The standard InChI is InChI=1S/C21H18F7N3O2/c22-7-6-16-11-30(15-4-5-18(29-10-15)21(26,27)28)19(33)31(16)12-17(32)9-13-2-1-3-14(8-13)20(23,24)25/h1-5,8,10,16H,6-7,9,11-12H2/t16-/m0/s1. The summed E-state index contributed by atoms with van der Waals surface area (Å²) in [6, 6.07) is 4.49. The van der Waals surface area contributed by atoms with E-state index in [9.17, 15) is 40.3 Å². The van der Waals surface area contributed by atoms with Gasteiger partial charge in [-0.1, -0.05) is 18.2 Å². The van der Waals surface area contributed by atoms with E-state index in [2.05, 4.69) is 4.98 Å². The number of aromatic nitrogens is 1. The molecule has 1 atom stereocenters. The highest BCUT2D eigenvalue weighted by atomic mass is 19.4. The van der Waals surface area contributed by atoms with Crippen molar-refractivity contribution >= 4 is 17.5 Å². The molecule has 0 bridgehead atoms. The molecule has 33 heavy (non-hydrogen) atoms. The number of anilines is 1. The van der Waals surface area contributed by atoms with Crippen LogP contribution in [-0.2, 0) is 23.6 Å². The number of halogens is 7. The molecule has 178 valence electrons. The summed E-state index contributed by atoms with van der Waals surface area (Å²) in [4.78, 5) is 30.8. The average molecular weight is 477 g/mol. The third-order valence-corrected chi connectivity index (χ3v) is 5.11. The van der Waals surface area contributed by atoms with Crippen molar-refractivity contribution in [3.63, 3.8) is 0 Å². The van der Waals surface area contributed by atoms with Gasteiger partial charge in [0.05, 0.1) is 36.7 Å². The third-order valence-electron chi connectivity index (χ3n) is 5.11. The van der Waals surface area contributed by atoms with Gasteiger partial charge in [0.2, 0.25) is 0 Å². The third kappa shape index (κ3) is 5.79. The Bertz CT molecular complexity index is 1010. The van der Waals surface area contributed by atoms with E-state index in [1.54, 1.807) is 0 Å². The fourth-order valence-electron chi connectivity index (χ4n) is 3.53. The molecular formula is C21H18F7N3O2. The maximum absolute atomic E-state index is 13.0. The molecule has 3 rings (SSSR count). The molecule has 2 heterocycles. The Kier molecular flexibility index (Phi) is 6.94. The van der Waals surface area contributed by atoms with E-state index in [0.29, 0.717) is 6.07 Å². The number of benzene rings is 1. The van der Waals surface area contributed by atoms with Crippen molar-refractivity contribution < 1.29 is 40.3 Å².